The minimum Gasteiger partial charge on any atom is -0.208 e. The van der Waals surface area contributed by atoms with Gasteiger partial charge in [0.15, 0.2) is 17.5 Å². The van der Waals surface area contributed by atoms with Gasteiger partial charge in [-0.25, -0.2) is 15.0 Å². The molecule has 54 heavy (non-hydrogen) atoms. The van der Waals surface area contributed by atoms with Crippen LogP contribution in [0.2, 0.25) is 0 Å². The molecule has 0 atom stereocenters. The quantitative estimate of drug-likeness (QED) is 0.180. The van der Waals surface area contributed by atoms with Gasteiger partial charge in [0.05, 0.1) is 0 Å². The third-order valence-electron chi connectivity index (χ3n) is 11.8. The van der Waals surface area contributed by atoms with E-state index in [9.17, 15) is 0 Å². The van der Waals surface area contributed by atoms with Gasteiger partial charge >= 0.3 is 0 Å². The summed E-state index contributed by atoms with van der Waals surface area (Å²) in [7, 11) is 0. The number of fused-ring (bicyclic) bond motifs is 6. The van der Waals surface area contributed by atoms with Crippen LogP contribution in [0.3, 0.4) is 0 Å². The highest BCUT2D eigenvalue weighted by Gasteiger charge is 2.36. The Morgan fingerprint density at radius 1 is 0.278 bits per heavy atom. The van der Waals surface area contributed by atoms with Crippen LogP contribution in [0.4, 0.5) is 0 Å². The summed E-state index contributed by atoms with van der Waals surface area (Å²) in [5, 5.41) is 0. The summed E-state index contributed by atoms with van der Waals surface area (Å²) in [5.41, 5.74) is 18.4. The molecule has 258 valence electrons. The van der Waals surface area contributed by atoms with E-state index in [-0.39, 0.29) is 10.8 Å². The number of hydrogen-bond acceptors (Lipinski definition) is 3. The maximum atomic E-state index is 5.06. The molecule has 0 N–H and O–H groups in total. The average Bonchev–Trinajstić information content (AvgIpc) is 3.60. The van der Waals surface area contributed by atoms with Crippen molar-refractivity contribution < 1.29 is 0 Å². The molecule has 2 aliphatic carbocycles. The normalized spacial score (nSPS) is 14.2. The molecule has 3 heteroatoms. The summed E-state index contributed by atoms with van der Waals surface area (Å²) < 4.78 is 0. The third-order valence-corrected chi connectivity index (χ3v) is 11.8. The maximum absolute atomic E-state index is 5.06. The molecule has 10 rings (SSSR count). The van der Waals surface area contributed by atoms with Crippen LogP contribution in [0.15, 0.2) is 164 Å². The van der Waals surface area contributed by atoms with Crippen LogP contribution < -0.4 is 0 Å². The molecule has 0 amide bonds. The largest absolute Gasteiger partial charge is 0.208 e. The summed E-state index contributed by atoms with van der Waals surface area (Å²) in [6.07, 6.45) is 0. The second kappa shape index (κ2) is 12.0. The molecule has 1 aromatic heterocycles. The third kappa shape index (κ3) is 5.07. The summed E-state index contributed by atoms with van der Waals surface area (Å²) in [6, 6.07) is 58.8. The highest BCUT2D eigenvalue weighted by molar-refractivity contribution is 5.85. The van der Waals surface area contributed by atoms with Crippen LogP contribution in [0.1, 0.15) is 49.9 Å². The van der Waals surface area contributed by atoms with E-state index in [0.717, 1.165) is 16.7 Å². The van der Waals surface area contributed by atoms with Crippen LogP contribution in [-0.4, -0.2) is 15.0 Å². The van der Waals surface area contributed by atoms with Gasteiger partial charge in [0.25, 0.3) is 0 Å². The predicted molar refractivity (Wildman–Crippen MR) is 222 cm³/mol. The highest BCUT2D eigenvalue weighted by atomic mass is 15.0. The zero-order valence-electron chi connectivity index (χ0n) is 30.9. The monoisotopic (exact) mass is 693 g/mol. The Morgan fingerprint density at radius 3 is 1.02 bits per heavy atom. The van der Waals surface area contributed by atoms with E-state index >= 15 is 0 Å². The minimum atomic E-state index is -0.0418. The van der Waals surface area contributed by atoms with Crippen molar-refractivity contribution in [2.45, 2.75) is 38.5 Å². The van der Waals surface area contributed by atoms with Crippen LogP contribution in [-0.2, 0) is 10.8 Å². The lowest BCUT2D eigenvalue weighted by atomic mass is 9.81. The Balaban J connectivity index is 0.985. The molecular formula is C51H39N3. The first-order chi connectivity index (χ1) is 26.3. The van der Waals surface area contributed by atoms with Crippen molar-refractivity contribution >= 4 is 0 Å². The molecule has 0 spiro atoms. The van der Waals surface area contributed by atoms with Crippen molar-refractivity contribution in [1.82, 2.24) is 15.0 Å². The van der Waals surface area contributed by atoms with E-state index in [4.69, 9.17) is 15.0 Å². The molecule has 1 heterocycles. The Kier molecular flexibility index (Phi) is 7.19. The van der Waals surface area contributed by atoms with Gasteiger partial charge in [-0.2, -0.15) is 0 Å². The van der Waals surface area contributed by atoms with E-state index in [1.807, 2.05) is 18.2 Å². The molecule has 0 aliphatic heterocycles. The van der Waals surface area contributed by atoms with Crippen molar-refractivity contribution in [2.24, 2.45) is 0 Å². The summed E-state index contributed by atoms with van der Waals surface area (Å²) in [4.78, 5) is 15.1. The smallest absolute Gasteiger partial charge is 0.164 e. The number of hydrogen-bond donors (Lipinski definition) is 0. The topological polar surface area (TPSA) is 38.7 Å². The van der Waals surface area contributed by atoms with Crippen molar-refractivity contribution in [3.05, 3.63) is 186 Å². The SMILES string of the molecule is CC1(C)c2ccccc2-c2ccc(-c3ccc(-c4nc(-c5ccccc5)nc(-c5ccc(-c6ccc7c(c6)C(C)(C)c6ccccc6-7)cc5)n4)cc3)cc21. The van der Waals surface area contributed by atoms with Gasteiger partial charge in [-0.1, -0.05) is 179 Å². The summed E-state index contributed by atoms with van der Waals surface area (Å²) in [5.74, 6) is 1.96. The Morgan fingerprint density at radius 2 is 0.593 bits per heavy atom. The van der Waals surface area contributed by atoms with Gasteiger partial charge < -0.3 is 0 Å². The zero-order valence-corrected chi connectivity index (χ0v) is 30.9. The number of rotatable bonds is 5. The molecule has 8 aromatic rings. The lowest BCUT2D eigenvalue weighted by Crippen LogP contribution is -2.14. The second-order valence-corrected chi connectivity index (χ2v) is 15.7. The van der Waals surface area contributed by atoms with Gasteiger partial charge in [-0.15, -0.1) is 0 Å². The van der Waals surface area contributed by atoms with Gasteiger partial charge in [0.2, 0.25) is 0 Å². The Bertz CT molecular complexity index is 2570. The minimum absolute atomic E-state index is 0.0418. The van der Waals surface area contributed by atoms with E-state index in [1.165, 1.54) is 66.8 Å². The van der Waals surface area contributed by atoms with Gasteiger partial charge in [-0.05, 0) is 78.9 Å². The van der Waals surface area contributed by atoms with Gasteiger partial charge in [0, 0.05) is 27.5 Å². The van der Waals surface area contributed by atoms with Crippen molar-refractivity contribution in [3.8, 4) is 78.7 Å². The van der Waals surface area contributed by atoms with Crippen LogP contribution in [0, 0.1) is 0 Å². The van der Waals surface area contributed by atoms with Crippen molar-refractivity contribution in [1.29, 1.82) is 0 Å². The standard InChI is InChI=1S/C51H39N3/c1-50(2)43-16-10-8-14-39(43)41-28-26-37(30-45(41)50)32-18-22-35(23-19-32)48-52-47(34-12-6-5-7-13-34)53-49(54-48)36-24-20-33(21-25-36)38-27-29-42-40-15-9-11-17-44(40)51(3,4)46(42)31-38/h5-31H,1-4H3. The van der Waals surface area contributed by atoms with Crippen LogP contribution in [0.25, 0.3) is 78.7 Å². The fourth-order valence-corrected chi connectivity index (χ4v) is 8.74. The van der Waals surface area contributed by atoms with Crippen LogP contribution >= 0.6 is 0 Å². The lowest BCUT2D eigenvalue weighted by Gasteiger charge is -2.22. The van der Waals surface area contributed by atoms with Crippen molar-refractivity contribution in [2.75, 3.05) is 0 Å². The number of benzene rings is 7. The first-order valence-corrected chi connectivity index (χ1v) is 18.8. The number of nitrogens with zero attached hydrogens (tertiary/aromatic N) is 3. The Hall–Kier alpha value is -6.45. The van der Waals surface area contributed by atoms with Gasteiger partial charge in [-0.3, -0.25) is 0 Å². The molecule has 0 saturated heterocycles. The summed E-state index contributed by atoms with van der Waals surface area (Å²) in [6.45, 7) is 9.31. The second-order valence-electron chi connectivity index (χ2n) is 15.7. The molecule has 7 aromatic carbocycles. The molecule has 0 saturated carbocycles. The molecule has 0 fully saturated rings. The lowest BCUT2D eigenvalue weighted by molar-refractivity contribution is 0.660. The zero-order chi connectivity index (χ0) is 36.6. The van der Waals surface area contributed by atoms with E-state index < -0.39 is 0 Å². The first kappa shape index (κ1) is 32.2. The first-order valence-electron chi connectivity index (χ1n) is 18.8. The fraction of sp³-hybridized carbons (Fsp3) is 0.118. The molecule has 0 radical (unpaired) electrons. The van der Waals surface area contributed by atoms with E-state index in [2.05, 4.69) is 173 Å². The van der Waals surface area contributed by atoms with E-state index in [1.54, 1.807) is 0 Å². The molecule has 3 nitrogen and oxygen atoms in total. The van der Waals surface area contributed by atoms with Crippen LogP contribution in [0.5, 0.6) is 0 Å². The Labute approximate surface area is 317 Å². The van der Waals surface area contributed by atoms with E-state index in [0.29, 0.717) is 17.5 Å². The molecule has 0 bridgehead atoms. The average molecular weight is 694 g/mol. The number of aromatic nitrogens is 3. The van der Waals surface area contributed by atoms with Crippen molar-refractivity contribution in [3.63, 3.8) is 0 Å². The molecular weight excluding hydrogens is 655 g/mol. The van der Waals surface area contributed by atoms with Gasteiger partial charge in [0.1, 0.15) is 0 Å². The highest BCUT2D eigenvalue weighted by Crippen LogP contribution is 2.51. The molecule has 2 aliphatic rings. The maximum Gasteiger partial charge on any atom is 0.164 e. The summed E-state index contributed by atoms with van der Waals surface area (Å²) >= 11 is 0. The molecule has 0 unspecified atom stereocenters. The predicted octanol–water partition coefficient (Wildman–Crippen LogP) is 12.8. The fourth-order valence-electron chi connectivity index (χ4n) is 8.74.